The third-order valence-corrected chi connectivity index (χ3v) is 3.88. The molecular weight excluding hydrogens is 354 g/mol. The van der Waals surface area contributed by atoms with E-state index in [0.717, 1.165) is 0 Å². The third-order valence-electron chi connectivity index (χ3n) is 3.88. The van der Waals surface area contributed by atoms with Gasteiger partial charge in [0.15, 0.2) is 5.96 Å². The van der Waals surface area contributed by atoms with Gasteiger partial charge < -0.3 is 20.7 Å². The number of carbonyl (C=O) groups is 1. The molecule has 0 bridgehead atoms. The highest BCUT2D eigenvalue weighted by atomic mass is 19.1. The van der Waals surface area contributed by atoms with Gasteiger partial charge in [0.2, 0.25) is 0 Å². The van der Waals surface area contributed by atoms with Crippen LogP contribution < -0.4 is 16.0 Å². The Morgan fingerprint density at radius 2 is 1.93 bits per heavy atom. The van der Waals surface area contributed by atoms with Gasteiger partial charge in [-0.3, -0.25) is 4.99 Å². The van der Waals surface area contributed by atoms with Crippen LogP contribution in [0.4, 0.5) is 13.6 Å². The third kappa shape index (κ3) is 6.69. The lowest BCUT2D eigenvalue weighted by Crippen LogP contribution is -2.40. The number of amides is 1. The second kappa shape index (κ2) is 9.01. The number of guanidine groups is 1. The van der Waals surface area contributed by atoms with Crippen molar-refractivity contribution >= 4 is 12.1 Å². The molecule has 0 radical (unpaired) electrons. The fourth-order valence-electron chi connectivity index (χ4n) is 2.67. The van der Waals surface area contributed by atoms with Crippen molar-refractivity contribution in [3.8, 4) is 0 Å². The minimum Gasteiger partial charge on any atom is -0.444 e. The monoisotopic (exact) mass is 382 g/mol. The van der Waals surface area contributed by atoms with Crippen LogP contribution >= 0.6 is 0 Å². The fourth-order valence-corrected chi connectivity index (χ4v) is 2.67. The summed E-state index contributed by atoms with van der Waals surface area (Å²) in [7, 11) is 0. The van der Waals surface area contributed by atoms with E-state index in [2.05, 4.69) is 20.9 Å². The smallest absolute Gasteiger partial charge is 0.407 e. The second-order valence-electron chi connectivity index (χ2n) is 7.42. The van der Waals surface area contributed by atoms with Crippen molar-refractivity contribution in [2.75, 3.05) is 19.6 Å². The van der Waals surface area contributed by atoms with E-state index in [-0.39, 0.29) is 17.5 Å². The molecule has 1 aromatic carbocycles. The summed E-state index contributed by atoms with van der Waals surface area (Å²) in [5.74, 6) is -0.705. The number of ether oxygens (including phenoxy) is 1. The minimum atomic E-state index is -0.549. The molecule has 0 heterocycles. The van der Waals surface area contributed by atoms with Crippen molar-refractivity contribution < 1.29 is 18.3 Å². The quantitative estimate of drug-likeness (QED) is 0.402. The largest absolute Gasteiger partial charge is 0.444 e. The maximum Gasteiger partial charge on any atom is 0.407 e. The summed E-state index contributed by atoms with van der Waals surface area (Å²) in [6, 6.07) is 3.83. The van der Waals surface area contributed by atoms with Crippen LogP contribution in [0.3, 0.4) is 0 Å². The summed E-state index contributed by atoms with van der Waals surface area (Å²) in [4.78, 5) is 16.0. The molecule has 1 aliphatic rings. The lowest BCUT2D eigenvalue weighted by molar-refractivity contribution is 0.0529. The summed E-state index contributed by atoms with van der Waals surface area (Å²) < 4.78 is 32.9. The number of aliphatic imine (C=N–C) groups is 1. The lowest BCUT2D eigenvalue weighted by atomic mass is 10.1. The maximum absolute atomic E-state index is 13.9. The number of hydrogen-bond donors (Lipinski definition) is 3. The highest BCUT2D eigenvalue weighted by Gasteiger charge is 2.42. The number of hydrogen-bond acceptors (Lipinski definition) is 3. The zero-order valence-electron chi connectivity index (χ0n) is 16.2. The van der Waals surface area contributed by atoms with E-state index < -0.39 is 23.3 Å². The molecule has 2 rings (SSSR count). The summed E-state index contributed by atoms with van der Waals surface area (Å²) in [5.41, 5.74) is -0.426. The Morgan fingerprint density at radius 1 is 1.26 bits per heavy atom. The number of alkyl carbamates (subject to hydrolysis) is 1. The molecule has 2 atom stereocenters. The van der Waals surface area contributed by atoms with Crippen LogP contribution in [0.5, 0.6) is 0 Å². The van der Waals surface area contributed by atoms with E-state index >= 15 is 0 Å². The molecule has 0 spiro atoms. The zero-order chi connectivity index (χ0) is 20.0. The van der Waals surface area contributed by atoms with Gasteiger partial charge in [0, 0.05) is 30.6 Å². The van der Waals surface area contributed by atoms with Gasteiger partial charge in [-0.2, -0.15) is 0 Å². The molecule has 1 aromatic rings. The number of nitrogens with one attached hydrogen (secondary N) is 3. The van der Waals surface area contributed by atoms with E-state index in [1.54, 1.807) is 20.8 Å². The van der Waals surface area contributed by atoms with Gasteiger partial charge in [0.05, 0.1) is 6.54 Å². The van der Waals surface area contributed by atoms with Gasteiger partial charge in [0.1, 0.15) is 17.2 Å². The van der Waals surface area contributed by atoms with Gasteiger partial charge in [-0.15, -0.1) is 0 Å². The molecule has 8 heteroatoms. The molecule has 150 valence electrons. The van der Waals surface area contributed by atoms with Crippen molar-refractivity contribution in [3.05, 3.63) is 35.4 Å². The molecule has 2 unspecified atom stereocenters. The van der Waals surface area contributed by atoms with E-state index in [9.17, 15) is 13.6 Å². The molecule has 27 heavy (non-hydrogen) atoms. The Morgan fingerprint density at radius 3 is 2.52 bits per heavy atom. The molecule has 0 aromatic heterocycles. The Labute approximate surface area is 158 Å². The van der Waals surface area contributed by atoms with Gasteiger partial charge >= 0.3 is 6.09 Å². The van der Waals surface area contributed by atoms with Crippen molar-refractivity contribution in [2.45, 2.75) is 51.7 Å². The molecule has 1 saturated carbocycles. The van der Waals surface area contributed by atoms with Crippen molar-refractivity contribution in [2.24, 2.45) is 4.99 Å². The van der Waals surface area contributed by atoms with Crippen LogP contribution in [0.2, 0.25) is 0 Å². The molecule has 1 fully saturated rings. The van der Waals surface area contributed by atoms with Gasteiger partial charge in [-0.25, -0.2) is 13.6 Å². The Bertz CT molecular complexity index is 669. The van der Waals surface area contributed by atoms with Gasteiger partial charge in [-0.05, 0) is 46.2 Å². The summed E-state index contributed by atoms with van der Waals surface area (Å²) >= 11 is 0. The molecule has 0 saturated heterocycles. The van der Waals surface area contributed by atoms with Crippen molar-refractivity contribution in [1.29, 1.82) is 0 Å². The van der Waals surface area contributed by atoms with Gasteiger partial charge in [0.25, 0.3) is 0 Å². The van der Waals surface area contributed by atoms with E-state index in [4.69, 9.17) is 4.74 Å². The van der Waals surface area contributed by atoms with Crippen molar-refractivity contribution in [3.63, 3.8) is 0 Å². The molecular formula is C19H28F2N4O2. The van der Waals surface area contributed by atoms with Gasteiger partial charge in [-0.1, -0.05) is 6.07 Å². The van der Waals surface area contributed by atoms with E-state index in [0.29, 0.717) is 32.0 Å². The Hall–Kier alpha value is -2.38. The average molecular weight is 382 g/mol. The molecule has 0 aliphatic heterocycles. The first-order valence-corrected chi connectivity index (χ1v) is 9.17. The van der Waals surface area contributed by atoms with Crippen LogP contribution in [0.1, 0.15) is 45.6 Å². The average Bonchev–Trinajstić information content (AvgIpc) is 3.28. The molecule has 3 N–H and O–H groups in total. The van der Waals surface area contributed by atoms with E-state index in [1.807, 2.05) is 6.92 Å². The van der Waals surface area contributed by atoms with Crippen molar-refractivity contribution in [1.82, 2.24) is 16.0 Å². The van der Waals surface area contributed by atoms with Crippen LogP contribution in [0.25, 0.3) is 0 Å². The zero-order valence-corrected chi connectivity index (χ0v) is 16.2. The number of benzene rings is 1. The standard InChI is InChI=1S/C19H28F2N4O2/c1-5-22-17(23-9-10-24-18(26)27-19(2,3)4)25-15-11-12(15)16-13(20)7-6-8-14(16)21/h6-8,12,15H,5,9-11H2,1-4H3,(H,24,26)(H2,22,23,25). The first kappa shape index (κ1) is 20.9. The molecule has 6 nitrogen and oxygen atoms in total. The highest BCUT2D eigenvalue weighted by molar-refractivity contribution is 5.80. The van der Waals surface area contributed by atoms with Crippen LogP contribution in [-0.4, -0.2) is 43.3 Å². The fraction of sp³-hybridized carbons (Fsp3) is 0.579. The molecule has 1 amide bonds. The topological polar surface area (TPSA) is 74.8 Å². The highest BCUT2D eigenvalue weighted by Crippen LogP contribution is 2.42. The lowest BCUT2D eigenvalue weighted by Gasteiger charge is -2.19. The van der Waals surface area contributed by atoms with Crippen LogP contribution in [0, 0.1) is 11.6 Å². The first-order valence-electron chi connectivity index (χ1n) is 9.17. The van der Waals surface area contributed by atoms with Crippen LogP contribution in [0.15, 0.2) is 23.2 Å². The number of carbonyl (C=O) groups excluding carboxylic acids is 1. The normalized spacial score (nSPS) is 19.4. The van der Waals surface area contributed by atoms with E-state index in [1.165, 1.54) is 18.2 Å². The first-order chi connectivity index (χ1) is 12.7. The summed E-state index contributed by atoms with van der Waals surface area (Å²) in [6.45, 7) is 8.63. The number of nitrogens with zero attached hydrogens (tertiary/aromatic N) is 1. The maximum atomic E-state index is 13.9. The summed E-state index contributed by atoms with van der Waals surface area (Å²) in [5, 5.41) is 8.90. The Balaban J connectivity index is 1.84. The molecule has 1 aliphatic carbocycles. The summed E-state index contributed by atoms with van der Waals surface area (Å²) in [6.07, 6.45) is 0.145. The van der Waals surface area contributed by atoms with Crippen LogP contribution in [-0.2, 0) is 4.74 Å². The SMILES string of the molecule is CCNC(=NCCNC(=O)OC(C)(C)C)NC1CC1c1c(F)cccc1F. The predicted octanol–water partition coefficient (Wildman–Crippen LogP) is 2.90. The number of halogens is 2. The minimum absolute atomic E-state index is 0.0759. The predicted molar refractivity (Wildman–Crippen MR) is 101 cm³/mol. The number of rotatable bonds is 6. The Kier molecular flexibility index (Phi) is 6.98. The second-order valence-corrected chi connectivity index (χ2v) is 7.42.